The lowest BCUT2D eigenvalue weighted by molar-refractivity contribution is -0.142. The Morgan fingerprint density at radius 1 is 0.944 bits per heavy atom. The van der Waals surface area contributed by atoms with Gasteiger partial charge in [0.05, 0.1) is 11.4 Å². The van der Waals surface area contributed by atoms with Crippen LogP contribution in [0, 0.1) is 11.8 Å². The van der Waals surface area contributed by atoms with E-state index in [1.165, 1.54) is 4.90 Å². The topological polar surface area (TPSA) is 128 Å². The summed E-state index contributed by atoms with van der Waals surface area (Å²) >= 11 is 0. The first-order valence-electron chi connectivity index (χ1n) is 12.1. The van der Waals surface area contributed by atoms with Gasteiger partial charge in [0.25, 0.3) is 0 Å². The van der Waals surface area contributed by atoms with Gasteiger partial charge in [-0.05, 0) is 36.0 Å². The summed E-state index contributed by atoms with van der Waals surface area (Å²) in [6.07, 6.45) is 0.405. The molecule has 3 rings (SSSR count). The number of rotatable bonds is 9. The number of anilines is 2. The Hall–Kier alpha value is -3.88. The molecule has 4 N–H and O–H groups in total. The summed E-state index contributed by atoms with van der Waals surface area (Å²) in [5.74, 6) is -2.21. The first-order valence-corrected chi connectivity index (χ1v) is 12.1. The van der Waals surface area contributed by atoms with Crippen LogP contribution in [0.3, 0.4) is 0 Å². The van der Waals surface area contributed by atoms with E-state index in [1.54, 1.807) is 24.3 Å². The van der Waals surface area contributed by atoms with E-state index >= 15 is 0 Å². The van der Waals surface area contributed by atoms with Crippen molar-refractivity contribution in [2.24, 2.45) is 11.8 Å². The highest BCUT2D eigenvalue weighted by molar-refractivity contribution is 6.12. The number of carbonyl (C=O) groups excluding carboxylic acids is 3. The summed E-state index contributed by atoms with van der Waals surface area (Å²) in [5.41, 5.74) is 1.82. The van der Waals surface area contributed by atoms with Gasteiger partial charge >= 0.3 is 12.0 Å². The summed E-state index contributed by atoms with van der Waals surface area (Å²) in [6.45, 7) is 7.43. The lowest BCUT2D eigenvalue weighted by Gasteiger charge is -2.39. The van der Waals surface area contributed by atoms with E-state index in [1.807, 2.05) is 58.0 Å². The average Bonchev–Trinajstić information content (AvgIpc) is 2.82. The molecule has 2 aromatic rings. The van der Waals surface area contributed by atoms with Gasteiger partial charge in [0.2, 0.25) is 11.8 Å². The van der Waals surface area contributed by atoms with Crippen molar-refractivity contribution in [1.82, 2.24) is 10.6 Å². The third-order valence-electron chi connectivity index (χ3n) is 6.04. The predicted molar refractivity (Wildman–Crippen MR) is 138 cm³/mol. The smallest absolute Gasteiger partial charge is 0.326 e. The van der Waals surface area contributed by atoms with Gasteiger partial charge in [0, 0.05) is 6.42 Å². The van der Waals surface area contributed by atoms with Crippen molar-refractivity contribution in [3.05, 3.63) is 60.2 Å². The third-order valence-corrected chi connectivity index (χ3v) is 6.04. The quantitative estimate of drug-likeness (QED) is 0.425. The number of carboxylic acids is 1. The molecule has 9 heteroatoms. The number of nitrogens with one attached hydrogen (secondary N) is 3. The molecule has 0 fully saturated rings. The Labute approximate surface area is 211 Å². The fourth-order valence-corrected chi connectivity index (χ4v) is 4.34. The zero-order valence-corrected chi connectivity index (χ0v) is 21.0. The minimum atomic E-state index is -1.14. The molecule has 0 unspecified atom stereocenters. The fourth-order valence-electron chi connectivity index (χ4n) is 4.34. The second kappa shape index (κ2) is 11.7. The molecule has 0 saturated heterocycles. The molecule has 0 bridgehead atoms. The van der Waals surface area contributed by atoms with E-state index in [0.717, 1.165) is 5.56 Å². The van der Waals surface area contributed by atoms with Gasteiger partial charge in [-0.15, -0.1) is 0 Å². The van der Waals surface area contributed by atoms with Crippen LogP contribution >= 0.6 is 0 Å². The van der Waals surface area contributed by atoms with Gasteiger partial charge < -0.3 is 21.1 Å². The van der Waals surface area contributed by atoms with Crippen molar-refractivity contribution >= 4 is 35.2 Å². The first kappa shape index (κ1) is 26.7. The zero-order chi connectivity index (χ0) is 26.4. The molecule has 36 heavy (non-hydrogen) atoms. The number of carboxylic acid groups (broad SMARTS) is 1. The highest BCUT2D eigenvalue weighted by atomic mass is 16.4. The van der Waals surface area contributed by atoms with E-state index in [-0.39, 0.29) is 30.6 Å². The molecule has 1 aliphatic heterocycles. The van der Waals surface area contributed by atoms with Crippen LogP contribution in [0.4, 0.5) is 16.2 Å². The second-order valence-electron chi connectivity index (χ2n) is 9.79. The number of urea groups is 1. The zero-order valence-electron chi connectivity index (χ0n) is 21.0. The van der Waals surface area contributed by atoms with E-state index in [9.17, 15) is 24.3 Å². The van der Waals surface area contributed by atoms with Crippen molar-refractivity contribution in [2.75, 3.05) is 10.2 Å². The summed E-state index contributed by atoms with van der Waals surface area (Å²) < 4.78 is 0. The second-order valence-corrected chi connectivity index (χ2v) is 9.79. The minimum Gasteiger partial charge on any atom is -0.480 e. The van der Waals surface area contributed by atoms with Crippen LogP contribution in [0.2, 0.25) is 0 Å². The first-order chi connectivity index (χ1) is 17.1. The van der Waals surface area contributed by atoms with Crippen LogP contribution in [-0.2, 0) is 20.8 Å². The molecule has 3 atom stereocenters. The number of para-hydroxylation sites is 2. The fraction of sp³-hybridized carbons (Fsp3) is 0.407. The van der Waals surface area contributed by atoms with Gasteiger partial charge in [-0.3, -0.25) is 14.5 Å². The van der Waals surface area contributed by atoms with Gasteiger partial charge in [-0.25, -0.2) is 9.59 Å². The summed E-state index contributed by atoms with van der Waals surface area (Å²) in [6, 6.07) is 12.6. The molecule has 0 radical (unpaired) electrons. The Bertz CT molecular complexity index is 1100. The SMILES string of the molecule is CC(C)C[C@H](NC(=O)[C@H](Cc1ccccc1)NC(=O)N1c2ccccc2NC(=O)[C@@H]1C(C)C)C(=O)O. The van der Waals surface area contributed by atoms with Crippen molar-refractivity contribution in [3.63, 3.8) is 0 Å². The molecular weight excluding hydrogens is 460 g/mol. The molecule has 0 aliphatic carbocycles. The summed E-state index contributed by atoms with van der Waals surface area (Å²) in [7, 11) is 0. The number of nitrogens with zero attached hydrogens (tertiary/aromatic N) is 1. The normalized spacial score (nSPS) is 16.7. The Kier molecular flexibility index (Phi) is 8.68. The number of hydrogen-bond acceptors (Lipinski definition) is 4. The van der Waals surface area contributed by atoms with Crippen LogP contribution < -0.4 is 20.9 Å². The average molecular weight is 495 g/mol. The molecule has 0 saturated carbocycles. The third kappa shape index (κ3) is 6.41. The monoisotopic (exact) mass is 494 g/mol. The maximum absolute atomic E-state index is 13.7. The van der Waals surface area contributed by atoms with Gasteiger partial charge in [0.1, 0.15) is 18.1 Å². The summed E-state index contributed by atoms with van der Waals surface area (Å²) in [5, 5.41) is 17.8. The number of fused-ring (bicyclic) bond motifs is 1. The molecule has 192 valence electrons. The molecular formula is C27H34N4O5. The van der Waals surface area contributed by atoms with Crippen molar-refractivity contribution in [3.8, 4) is 0 Å². The van der Waals surface area contributed by atoms with Crippen LogP contribution in [0.5, 0.6) is 0 Å². The number of carbonyl (C=O) groups is 4. The van der Waals surface area contributed by atoms with Crippen LogP contribution in [0.25, 0.3) is 0 Å². The van der Waals surface area contributed by atoms with Gasteiger partial charge in [-0.1, -0.05) is 70.2 Å². The van der Waals surface area contributed by atoms with E-state index in [2.05, 4.69) is 16.0 Å². The maximum atomic E-state index is 13.7. The van der Waals surface area contributed by atoms with Crippen LogP contribution in [-0.4, -0.2) is 47.0 Å². The van der Waals surface area contributed by atoms with E-state index in [4.69, 9.17) is 0 Å². The number of aliphatic carboxylic acids is 1. The Morgan fingerprint density at radius 2 is 1.58 bits per heavy atom. The number of benzene rings is 2. The molecule has 1 aliphatic rings. The largest absolute Gasteiger partial charge is 0.480 e. The van der Waals surface area contributed by atoms with E-state index < -0.39 is 36.0 Å². The minimum absolute atomic E-state index is 0.0451. The standard InChI is InChI=1S/C27H34N4O5/c1-16(2)14-21(26(34)35)29-24(32)20(15-18-10-6-5-7-11-18)30-27(36)31-22-13-9-8-12-19(22)28-25(33)23(31)17(3)4/h5-13,16-17,20-21,23H,14-15H2,1-4H3,(H,28,33)(H,29,32)(H,30,36)(H,34,35)/t20-,21-,23-/m0/s1. The highest BCUT2D eigenvalue weighted by Gasteiger charge is 2.40. The van der Waals surface area contributed by atoms with Crippen LogP contribution in [0.1, 0.15) is 39.7 Å². The lowest BCUT2D eigenvalue weighted by Crippen LogP contribution is -2.60. The van der Waals surface area contributed by atoms with Gasteiger partial charge in [0.15, 0.2) is 0 Å². The molecule has 2 aromatic carbocycles. The lowest BCUT2D eigenvalue weighted by atomic mass is 9.97. The van der Waals surface area contributed by atoms with Gasteiger partial charge in [-0.2, -0.15) is 0 Å². The summed E-state index contributed by atoms with van der Waals surface area (Å²) in [4.78, 5) is 53.0. The maximum Gasteiger partial charge on any atom is 0.326 e. The van der Waals surface area contributed by atoms with Crippen molar-refractivity contribution in [1.29, 1.82) is 0 Å². The van der Waals surface area contributed by atoms with Crippen molar-refractivity contribution < 1.29 is 24.3 Å². The Balaban J connectivity index is 1.92. The number of amides is 4. The predicted octanol–water partition coefficient (Wildman–Crippen LogP) is 3.41. The molecule has 4 amide bonds. The van der Waals surface area contributed by atoms with Crippen molar-refractivity contribution in [2.45, 2.75) is 58.7 Å². The molecule has 0 aromatic heterocycles. The molecule has 0 spiro atoms. The molecule has 1 heterocycles. The van der Waals surface area contributed by atoms with Crippen LogP contribution in [0.15, 0.2) is 54.6 Å². The number of hydrogen-bond donors (Lipinski definition) is 4. The molecule has 9 nitrogen and oxygen atoms in total. The highest BCUT2D eigenvalue weighted by Crippen LogP contribution is 2.34. The Morgan fingerprint density at radius 3 is 2.19 bits per heavy atom. The van der Waals surface area contributed by atoms with E-state index in [0.29, 0.717) is 11.4 Å².